The molecule has 0 bridgehead atoms. The summed E-state index contributed by atoms with van der Waals surface area (Å²) in [6.45, 7) is 5.92. The summed E-state index contributed by atoms with van der Waals surface area (Å²) in [4.78, 5) is 0. The highest BCUT2D eigenvalue weighted by Crippen LogP contribution is 2.42. The lowest BCUT2D eigenvalue weighted by atomic mass is 9.70. The highest BCUT2D eigenvalue weighted by molar-refractivity contribution is 5.67. The lowest BCUT2D eigenvalue weighted by Gasteiger charge is -2.35. The van der Waals surface area contributed by atoms with Crippen LogP contribution in [0.15, 0.2) is 30.9 Å². The Morgan fingerprint density at radius 1 is 1.07 bits per heavy atom. The molecule has 27 heavy (non-hydrogen) atoms. The van der Waals surface area contributed by atoms with E-state index in [0.29, 0.717) is 18.1 Å². The Morgan fingerprint density at radius 2 is 1.85 bits per heavy atom. The summed E-state index contributed by atoms with van der Waals surface area (Å²) in [6.07, 6.45) is 14.8. The minimum Gasteiger partial charge on any atom is -0.491 e. The number of benzene rings is 1. The Balaban J connectivity index is 1.59. The Morgan fingerprint density at radius 3 is 2.48 bits per heavy atom. The normalized spacial score (nSPS) is 25.7. The predicted molar refractivity (Wildman–Crippen MR) is 108 cm³/mol. The Bertz CT molecular complexity index is 671. The molecule has 0 amide bonds. The van der Waals surface area contributed by atoms with Crippen LogP contribution >= 0.6 is 0 Å². The van der Waals surface area contributed by atoms with Gasteiger partial charge in [0.15, 0.2) is 11.6 Å². The SMILES string of the molecule is C=CCC[C@H]1CC[C@H](C2CC=C(c3ccc(OCC)c(F)c3F)CC2)CC1. The van der Waals surface area contributed by atoms with Crippen LogP contribution in [0.2, 0.25) is 0 Å². The quantitative estimate of drug-likeness (QED) is 0.454. The Hall–Kier alpha value is -1.64. The molecule has 1 nitrogen and oxygen atoms in total. The third kappa shape index (κ3) is 4.80. The van der Waals surface area contributed by atoms with E-state index in [1.54, 1.807) is 19.1 Å². The van der Waals surface area contributed by atoms with E-state index in [-0.39, 0.29) is 5.75 Å². The molecule has 2 aliphatic rings. The highest BCUT2D eigenvalue weighted by atomic mass is 19.2. The van der Waals surface area contributed by atoms with Crippen molar-refractivity contribution in [3.8, 4) is 5.75 Å². The average molecular weight is 375 g/mol. The van der Waals surface area contributed by atoms with Gasteiger partial charge in [-0.1, -0.05) is 25.0 Å². The van der Waals surface area contributed by atoms with Crippen molar-refractivity contribution in [1.82, 2.24) is 0 Å². The monoisotopic (exact) mass is 374 g/mol. The summed E-state index contributed by atoms with van der Waals surface area (Å²) in [7, 11) is 0. The fourth-order valence-electron chi connectivity index (χ4n) is 4.88. The van der Waals surface area contributed by atoms with Gasteiger partial charge in [0, 0.05) is 5.56 Å². The van der Waals surface area contributed by atoms with E-state index in [2.05, 4.69) is 12.7 Å². The van der Waals surface area contributed by atoms with Crippen LogP contribution < -0.4 is 4.74 Å². The Kier molecular flexibility index (Phi) is 7.09. The van der Waals surface area contributed by atoms with Crippen molar-refractivity contribution >= 4 is 5.57 Å². The van der Waals surface area contributed by atoms with Gasteiger partial charge in [-0.3, -0.25) is 0 Å². The van der Waals surface area contributed by atoms with E-state index in [4.69, 9.17) is 4.74 Å². The number of hydrogen-bond acceptors (Lipinski definition) is 1. The number of ether oxygens (including phenoxy) is 1. The van der Waals surface area contributed by atoms with E-state index in [1.807, 2.05) is 6.08 Å². The van der Waals surface area contributed by atoms with Gasteiger partial charge in [-0.05, 0) is 87.3 Å². The van der Waals surface area contributed by atoms with Gasteiger partial charge < -0.3 is 4.74 Å². The fraction of sp³-hybridized carbons (Fsp3) is 0.583. The minimum atomic E-state index is -0.866. The van der Waals surface area contributed by atoms with Crippen LogP contribution in [0.1, 0.15) is 70.3 Å². The molecule has 0 aliphatic heterocycles. The molecule has 148 valence electrons. The van der Waals surface area contributed by atoms with Gasteiger partial charge in [-0.2, -0.15) is 4.39 Å². The summed E-state index contributed by atoms with van der Waals surface area (Å²) < 4.78 is 33.8. The van der Waals surface area contributed by atoms with Crippen molar-refractivity contribution in [2.24, 2.45) is 17.8 Å². The molecule has 0 spiro atoms. The zero-order valence-corrected chi connectivity index (χ0v) is 16.5. The number of allylic oxidation sites excluding steroid dienone is 3. The van der Waals surface area contributed by atoms with Crippen LogP contribution in [0, 0.1) is 29.4 Å². The molecule has 3 rings (SSSR count). The van der Waals surface area contributed by atoms with Crippen molar-refractivity contribution in [2.45, 2.75) is 64.7 Å². The Labute approximate surface area is 162 Å². The van der Waals surface area contributed by atoms with Crippen LogP contribution in [-0.2, 0) is 0 Å². The molecule has 1 aromatic rings. The first-order valence-corrected chi connectivity index (χ1v) is 10.5. The van der Waals surface area contributed by atoms with Gasteiger partial charge in [0.05, 0.1) is 6.61 Å². The summed E-state index contributed by atoms with van der Waals surface area (Å²) in [5.74, 6) is 0.731. The van der Waals surface area contributed by atoms with Gasteiger partial charge in [0.2, 0.25) is 5.82 Å². The van der Waals surface area contributed by atoms with E-state index in [0.717, 1.165) is 43.1 Å². The first-order valence-electron chi connectivity index (χ1n) is 10.5. The minimum absolute atomic E-state index is 0.00116. The summed E-state index contributed by atoms with van der Waals surface area (Å²) >= 11 is 0. The molecule has 0 heterocycles. The summed E-state index contributed by atoms with van der Waals surface area (Å²) in [5, 5.41) is 0. The topological polar surface area (TPSA) is 9.23 Å². The van der Waals surface area contributed by atoms with Crippen LogP contribution in [0.25, 0.3) is 5.57 Å². The van der Waals surface area contributed by atoms with Crippen molar-refractivity contribution in [3.63, 3.8) is 0 Å². The molecule has 1 fully saturated rings. The van der Waals surface area contributed by atoms with Gasteiger partial charge in [0.1, 0.15) is 0 Å². The molecule has 1 saturated carbocycles. The number of halogens is 2. The maximum absolute atomic E-state index is 14.5. The molecule has 1 atom stereocenters. The van der Waals surface area contributed by atoms with Crippen molar-refractivity contribution in [3.05, 3.63) is 48.1 Å². The van der Waals surface area contributed by atoms with Gasteiger partial charge in [-0.15, -0.1) is 6.58 Å². The van der Waals surface area contributed by atoms with Crippen molar-refractivity contribution in [2.75, 3.05) is 6.61 Å². The number of rotatable bonds is 7. The van der Waals surface area contributed by atoms with E-state index < -0.39 is 11.6 Å². The lowest BCUT2D eigenvalue weighted by molar-refractivity contribution is 0.190. The summed E-state index contributed by atoms with van der Waals surface area (Å²) in [5.41, 5.74) is 1.35. The molecular formula is C24H32F2O. The van der Waals surface area contributed by atoms with Crippen LogP contribution in [0.3, 0.4) is 0 Å². The molecule has 1 unspecified atom stereocenters. The van der Waals surface area contributed by atoms with Crippen molar-refractivity contribution < 1.29 is 13.5 Å². The molecule has 3 heteroatoms. The van der Waals surface area contributed by atoms with E-state index >= 15 is 0 Å². The van der Waals surface area contributed by atoms with E-state index in [1.165, 1.54) is 32.1 Å². The maximum atomic E-state index is 14.5. The second kappa shape index (κ2) is 9.52. The highest BCUT2D eigenvalue weighted by Gasteiger charge is 2.29. The molecule has 1 aromatic carbocycles. The maximum Gasteiger partial charge on any atom is 0.201 e. The van der Waals surface area contributed by atoms with E-state index in [9.17, 15) is 8.78 Å². The van der Waals surface area contributed by atoms with Gasteiger partial charge in [-0.25, -0.2) is 4.39 Å². The molecule has 0 radical (unpaired) electrons. The zero-order chi connectivity index (χ0) is 19.2. The molecule has 0 saturated heterocycles. The average Bonchev–Trinajstić information content (AvgIpc) is 2.71. The smallest absolute Gasteiger partial charge is 0.201 e. The second-order valence-electron chi connectivity index (χ2n) is 8.08. The zero-order valence-electron chi connectivity index (χ0n) is 16.5. The predicted octanol–water partition coefficient (Wildman–Crippen LogP) is 7.32. The fourth-order valence-corrected chi connectivity index (χ4v) is 4.88. The molecule has 2 aliphatic carbocycles. The van der Waals surface area contributed by atoms with Crippen molar-refractivity contribution in [1.29, 1.82) is 0 Å². The standard InChI is InChI=1S/C24H32F2O/c1-3-5-6-17-7-9-18(10-8-17)19-11-13-20(14-12-19)21-15-16-22(27-4-2)24(26)23(21)25/h3,13,15-19H,1,4-12,14H2,2H3/t17-,18-,19?. The van der Waals surface area contributed by atoms with Gasteiger partial charge >= 0.3 is 0 Å². The largest absolute Gasteiger partial charge is 0.491 e. The van der Waals surface area contributed by atoms with Crippen LogP contribution in [-0.4, -0.2) is 6.61 Å². The molecule has 0 aromatic heterocycles. The van der Waals surface area contributed by atoms with Crippen LogP contribution in [0.5, 0.6) is 5.75 Å². The molecule has 0 N–H and O–H groups in total. The van der Waals surface area contributed by atoms with Crippen LogP contribution in [0.4, 0.5) is 8.78 Å². The summed E-state index contributed by atoms with van der Waals surface area (Å²) in [6, 6.07) is 3.22. The third-order valence-electron chi connectivity index (χ3n) is 6.48. The first kappa shape index (κ1) is 20.1. The van der Waals surface area contributed by atoms with Gasteiger partial charge in [0.25, 0.3) is 0 Å². The second-order valence-corrected chi connectivity index (χ2v) is 8.08. The molecular weight excluding hydrogens is 342 g/mol. The number of hydrogen-bond donors (Lipinski definition) is 0. The third-order valence-corrected chi connectivity index (χ3v) is 6.48. The lowest BCUT2D eigenvalue weighted by Crippen LogP contribution is -2.23. The first-order chi connectivity index (χ1) is 13.1.